The molecule has 30 heavy (non-hydrogen) atoms. The first-order valence-electron chi connectivity index (χ1n) is 11.6. The summed E-state index contributed by atoms with van der Waals surface area (Å²) >= 11 is 0. The van der Waals surface area contributed by atoms with Crippen molar-refractivity contribution in [3.05, 3.63) is 0 Å². The molecule has 0 atom stereocenters. The molecular weight excluding hydrogens is 384 g/mol. The van der Waals surface area contributed by atoms with Crippen molar-refractivity contribution in [2.75, 3.05) is 46.6 Å². The number of hydrogen-bond donors (Lipinski definition) is 2. The molecule has 0 spiro atoms. The zero-order valence-corrected chi connectivity index (χ0v) is 19.9. The molecule has 0 bridgehead atoms. The average molecular weight is 431 g/mol. The highest BCUT2D eigenvalue weighted by Gasteiger charge is 2.15. The molecule has 2 N–H and O–H groups in total. The summed E-state index contributed by atoms with van der Waals surface area (Å²) in [4.78, 5) is 23.4. The summed E-state index contributed by atoms with van der Waals surface area (Å²) < 4.78 is 16.4. The molecule has 0 unspecified atom stereocenters. The van der Waals surface area contributed by atoms with Crippen molar-refractivity contribution >= 4 is 11.9 Å². The van der Waals surface area contributed by atoms with Crippen molar-refractivity contribution in [1.29, 1.82) is 0 Å². The van der Waals surface area contributed by atoms with Gasteiger partial charge in [-0.05, 0) is 72.9 Å². The van der Waals surface area contributed by atoms with E-state index >= 15 is 0 Å². The third-order valence-corrected chi connectivity index (χ3v) is 4.29. The van der Waals surface area contributed by atoms with Crippen LogP contribution in [0.3, 0.4) is 0 Å². The van der Waals surface area contributed by atoms with Gasteiger partial charge < -0.3 is 24.8 Å². The summed E-state index contributed by atoms with van der Waals surface area (Å²) in [6.45, 7) is 10.3. The monoisotopic (exact) mass is 430 g/mol. The Labute approximate surface area is 184 Å². The minimum atomic E-state index is -0.416. The number of amides is 1. The molecule has 0 heterocycles. The second-order valence-corrected chi connectivity index (χ2v) is 8.59. The fourth-order valence-corrected chi connectivity index (χ4v) is 2.75. The van der Waals surface area contributed by atoms with Crippen LogP contribution in [0.5, 0.6) is 0 Å². The first-order chi connectivity index (χ1) is 14.3. The lowest BCUT2D eigenvalue weighted by atomic mass is 10.1. The zero-order chi connectivity index (χ0) is 22.5. The summed E-state index contributed by atoms with van der Waals surface area (Å²) in [5.74, 6) is -0.0477. The maximum absolute atomic E-state index is 11.8. The quantitative estimate of drug-likeness (QED) is 0.227. The molecule has 7 heteroatoms. The van der Waals surface area contributed by atoms with Crippen LogP contribution in [-0.2, 0) is 23.8 Å². The van der Waals surface area contributed by atoms with Gasteiger partial charge in [-0.2, -0.15) is 0 Å². The lowest BCUT2D eigenvalue weighted by Gasteiger charge is -2.19. The van der Waals surface area contributed by atoms with Crippen molar-refractivity contribution in [1.82, 2.24) is 10.6 Å². The van der Waals surface area contributed by atoms with Crippen LogP contribution in [-0.4, -0.2) is 64.0 Å². The molecule has 0 radical (unpaired) electrons. The molecule has 0 aliphatic heterocycles. The van der Waals surface area contributed by atoms with Gasteiger partial charge in [0.2, 0.25) is 5.91 Å². The molecule has 0 aromatic carbocycles. The van der Waals surface area contributed by atoms with Crippen LogP contribution >= 0.6 is 0 Å². The van der Waals surface area contributed by atoms with Crippen LogP contribution in [0, 0.1) is 0 Å². The number of carbonyl (C=O) groups excluding carboxylic acids is 2. The van der Waals surface area contributed by atoms with Crippen LogP contribution in [0.15, 0.2) is 0 Å². The highest BCUT2D eigenvalue weighted by molar-refractivity contribution is 5.75. The number of nitrogens with one attached hydrogen (secondary N) is 2. The Balaban J connectivity index is 3.28. The van der Waals surface area contributed by atoms with Gasteiger partial charge >= 0.3 is 5.97 Å². The lowest BCUT2D eigenvalue weighted by molar-refractivity contribution is -0.154. The topological polar surface area (TPSA) is 85.9 Å². The molecule has 7 nitrogen and oxygen atoms in total. The molecule has 0 aromatic heterocycles. The summed E-state index contributed by atoms with van der Waals surface area (Å²) in [7, 11) is 1.95. The molecular formula is C23H46N2O5. The third-order valence-electron chi connectivity index (χ3n) is 4.29. The maximum Gasteiger partial charge on any atom is 0.306 e. The van der Waals surface area contributed by atoms with Crippen LogP contribution in [0.25, 0.3) is 0 Å². The second kappa shape index (κ2) is 19.8. The van der Waals surface area contributed by atoms with E-state index in [1.54, 1.807) is 0 Å². The van der Waals surface area contributed by atoms with E-state index in [9.17, 15) is 9.59 Å². The van der Waals surface area contributed by atoms with E-state index in [1.165, 1.54) is 0 Å². The molecule has 0 saturated heterocycles. The van der Waals surface area contributed by atoms with Crippen LogP contribution < -0.4 is 10.6 Å². The van der Waals surface area contributed by atoms with Crippen molar-refractivity contribution in [3.8, 4) is 0 Å². The minimum Gasteiger partial charge on any atom is -0.460 e. The normalized spacial score (nSPS) is 11.5. The average Bonchev–Trinajstić information content (AvgIpc) is 2.66. The van der Waals surface area contributed by atoms with Gasteiger partial charge in [0.15, 0.2) is 0 Å². The van der Waals surface area contributed by atoms with Gasteiger partial charge in [0.05, 0.1) is 0 Å². The fraction of sp³-hybridized carbons (Fsp3) is 0.913. The van der Waals surface area contributed by atoms with E-state index in [4.69, 9.17) is 14.2 Å². The number of hydrogen-bond acceptors (Lipinski definition) is 6. The summed E-state index contributed by atoms with van der Waals surface area (Å²) in [6.07, 6.45) is 8.48. The minimum absolute atomic E-state index is 0.0950. The number of carbonyl (C=O) groups is 2. The van der Waals surface area contributed by atoms with E-state index in [-0.39, 0.29) is 11.9 Å². The van der Waals surface area contributed by atoms with Gasteiger partial charge in [-0.15, -0.1) is 0 Å². The van der Waals surface area contributed by atoms with E-state index in [0.717, 1.165) is 77.7 Å². The molecule has 0 aliphatic carbocycles. The third kappa shape index (κ3) is 23.1. The number of esters is 1. The first-order valence-corrected chi connectivity index (χ1v) is 11.6. The van der Waals surface area contributed by atoms with Gasteiger partial charge in [-0.1, -0.05) is 12.8 Å². The van der Waals surface area contributed by atoms with Crippen LogP contribution in [0.1, 0.15) is 85.0 Å². The van der Waals surface area contributed by atoms with E-state index in [2.05, 4.69) is 10.6 Å². The largest absolute Gasteiger partial charge is 0.460 e. The number of unbranched alkanes of at least 4 members (excludes halogenated alkanes) is 4. The van der Waals surface area contributed by atoms with E-state index in [0.29, 0.717) is 26.0 Å². The van der Waals surface area contributed by atoms with Gasteiger partial charge in [0.25, 0.3) is 0 Å². The summed E-state index contributed by atoms with van der Waals surface area (Å²) in [6, 6.07) is 0. The predicted molar refractivity (Wildman–Crippen MR) is 121 cm³/mol. The van der Waals surface area contributed by atoms with Gasteiger partial charge in [-0.25, -0.2) is 0 Å². The molecule has 1 amide bonds. The van der Waals surface area contributed by atoms with Crippen molar-refractivity contribution in [2.24, 2.45) is 0 Å². The first kappa shape index (κ1) is 28.8. The van der Waals surface area contributed by atoms with Crippen LogP contribution in [0.4, 0.5) is 0 Å². The fourth-order valence-electron chi connectivity index (χ4n) is 2.75. The Hall–Kier alpha value is -1.18. The molecule has 0 aromatic rings. The highest BCUT2D eigenvalue weighted by Crippen LogP contribution is 2.11. The number of ether oxygens (including phenoxy) is 3. The standard InChI is InChI=1S/C23H46N2O5/c1-23(2,3)30-22(27)14-8-6-5-7-13-21(26)25-16-12-20-29-18-10-9-17-28-19-11-15-24-4/h24H,5-20H2,1-4H3,(H,25,26). The van der Waals surface area contributed by atoms with Gasteiger partial charge in [0, 0.05) is 45.8 Å². The van der Waals surface area contributed by atoms with Crippen molar-refractivity contribution in [3.63, 3.8) is 0 Å². The molecule has 0 fully saturated rings. The number of rotatable bonds is 20. The molecule has 0 aliphatic rings. The Morgan fingerprint density at radius 2 is 1.23 bits per heavy atom. The highest BCUT2D eigenvalue weighted by atomic mass is 16.6. The Morgan fingerprint density at radius 3 is 1.80 bits per heavy atom. The van der Waals surface area contributed by atoms with Crippen molar-refractivity contribution < 1.29 is 23.8 Å². The predicted octanol–water partition coefficient (Wildman–Crippen LogP) is 3.60. The second-order valence-electron chi connectivity index (χ2n) is 8.59. The smallest absolute Gasteiger partial charge is 0.306 e. The van der Waals surface area contributed by atoms with Gasteiger partial charge in [0.1, 0.15) is 5.60 Å². The molecule has 0 saturated carbocycles. The molecule has 0 rings (SSSR count). The Bertz CT molecular complexity index is 424. The Kier molecular flexibility index (Phi) is 19.0. The Morgan fingerprint density at radius 1 is 0.700 bits per heavy atom. The van der Waals surface area contributed by atoms with Crippen molar-refractivity contribution in [2.45, 2.75) is 90.6 Å². The summed E-state index contributed by atoms with van der Waals surface area (Å²) in [5.41, 5.74) is -0.416. The molecule has 178 valence electrons. The van der Waals surface area contributed by atoms with Crippen LogP contribution in [0.2, 0.25) is 0 Å². The van der Waals surface area contributed by atoms with Gasteiger partial charge in [-0.3, -0.25) is 9.59 Å². The SMILES string of the molecule is CNCCCOCCCCOCCCNC(=O)CCCCCCC(=O)OC(C)(C)C. The lowest BCUT2D eigenvalue weighted by Crippen LogP contribution is -2.25. The van der Waals surface area contributed by atoms with E-state index in [1.807, 2.05) is 27.8 Å². The zero-order valence-electron chi connectivity index (χ0n) is 19.9. The summed E-state index contributed by atoms with van der Waals surface area (Å²) in [5, 5.41) is 6.03. The maximum atomic E-state index is 11.8. The van der Waals surface area contributed by atoms with E-state index < -0.39 is 5.60 Å².